The number of hydrogen-bond donors (Lipinski definition) is 1. The highest BCUT2D eigenvalue weighted by atomic mass is 127. The fourth-order valence-electron chi connectivity index (χ4n) is 1.60. The normalized spacial score (nSPS) is 10.2. The molecule has 0 atom stereocenters. The minimum absolute atomic E-state index is 0.233. The van der Waals surface area contributed by atoms with Gasteiger partial charge in [-0.25, -0.2) is 0 Å². The van der Waals surface area contributed by atoms with Crippen LogP contribution >= 0.6 is 22.6 Å². The quantitative estimate of drug-likeness (QED) is 0.513. The van der Waals surface area contributed by atoms with Crippen LogP contribution in [0.5, 0.6) is 0 Å². The average molecular weight is 367 g/mol. The Hall–Kier alpha value is -1.56. The average Bonchev–Trinajstić information content (AvgIpc) is 2.41. The lowest BCUT2D eigenvalue weighted by Gasteiger charge is -2.05. The molecule has 0 unspecified atom stereocenters. The summed E-state index contributed by atoms with van der Waals surface area (Å²) in [5.74, 6) is -0.233. The van der Waals surface area contributed by atoms with Gasteiger partial charge in [-0.1, -0.05) is 24.3 Å². The van der Waals surface area contributed by atoms with Gasteiger partial charge < -0.3 is 10.5 Å². The molecule has 0 amide bonds. The first-order valence-corrected chi connectivity index (χ1v) is 6.96. The molecule has 0 radical (unpaired) electrons. The smallest absolute Gasteiger partial charge is 0.310 e. The molecular weight excluding hydrogens is 353 g/mol. The highest BCUT2D eigenvalue weighted by molar-refractivity contribution is 14.1. The predicted octanol–water partition coefficient (Wildman–Crippen LogP) is 3.16. The first kappa shape index (κ1) is 13.9. The van der Waals surface area contributed by atoms with Crippen LogP contribution in [0, 0.1) is 3.57 Å². The Morgan fingerprint density at radius 2 is 1.58 bits per heavy atom. The van der Waals surface area contributed by atoms with Crippen molar-refractivity contribution in [3.63, 3.8) is 0 Å². The summed E-state index contributed by atoms with van der Waals surface area (Å²) in [6.07, 6.45) is 0.269. The Morgan fingerprint density at radius 1 is 1.00 bits per heavy atom. The maximum absolute atomic E-state index is 11.7. The monoisotopic (exact) mass is 367 g/mol. The molecule has 0 fully saturated rings. The number of esters is 1. The molecule has 0 heterocycles. The van der Waals surface area contributed by atoms with Gasteiger partial charge in [-0.15, -0.1) is 0 Å². The summed E-state index contributed by atoms with van der Waals surface area (Å²) in [6, 6.07) is 15.1. The molecule has 0 aliphatic rings. The molecule has 98 valence electrons. The Bertz CT molecular complexity index is 549. The lowest BCUT2D eigenvalue weighted by atomic mass is 10.1. The van der Waals surface area contributed by atoms with E-state index in [9.17, 15) is 4.79 Å². The van der Waals surface area contributed by atoms with Crippen LogP contribution in [-0.4, -0.2) is 5.97 Å². The van der Waals surface area contributed by atoms with Crippen LogP contribution in [-0.2, 0) is 22.6 Å². The van der Waals surface area contributed by atoms with E-state index in [-0.39, 0.29) is 12.4 Å². The van der Waals surface area contributed by atoms with Gasteiger partial charge >= 0.3 is 5.97 Å². The molecule has 2 aromatic rings. The van der Waals surface area contributed by atoms with Gasteiger partial charge in [0.2, 0.25) is 0 Å². The number of anilines is 1. The third-order valence-corrected chi connectivity index (χ3v) is 3.36. The third kappa shape index (κ3) is 4.55. The largest absolute Gasteiger partial charge is 0.461 e. The first-order valence-electron chi connectivity index (χ1n) is 5.88. The topological polar surface area (TPSA) is 52.3 Å². The Labute approximate surface area is 125 Å². The number of ether oxygens (including phenoxy) is 1. The van der Waals surface area contributed by atoms with Crippen molar-refractivity contribution in [1.82, 2.24) is 0 Å². The molecule has 0 saturated heterocycles. The molecule has 3 nitrogen and oxygen atoms in total. The zero-order valence-corrected chi connectivity index (χ0v) is 12.5. The molecule has 0 aliphatic carbocycles. The number of benzene rings is 2. The fourth-order valence-corrected chi connectivity index (χ4v) is 1.96. The van der Waals surface area contributed by atoms with Crippen molar-refractivity contribution in [2.45, 2.75) is 13.0 Å². The number of rotatable bonds is 4. The van der Waals surface area contributed by atoms with Crippen LogP contribution in [0.2, 0.25) is 0 Å². The summed E-state index contributed by atoms with van der Waals surface area (Å²) in [5.41, 5.74) is 8.17. The summed E-state index contributed by atoms with van der Waals surface area (Å²) in [7, 11) is 0. The second kappa shape index (κ2) is 6.56. The van der Waals surface area contributed by atoms with Crippen molar-refractivity contribution in [3.8, 4) is 0 Å². The predicted molar refractivity (Wildman–Crippen MR) is 83.5 cm³/mol. The maximum Gasteiger partial charge on any atom is 0.310 e. The lowest BCUT2D eigenvalue weighted by molar-refractivity contribution is -0.144. The zero-order valence-electron chi connectivity index (χ0n) is 10.3. The van der Waals surface area contributed by atoms with Crippen molar-refractivity contribution in [2.75, 3.05) is 5.73 Å². The maximum atomic E-state index is 11.7. The van der Waals surface area contributed by atoms with Gasteiger partial charge in [0.25, 0.3) is 0 Å². The molecule has 2 rings (SSSR count). The highest BCUT2D eigenvalue weighted by Crippen LogP contribution is 2.10. The standard InChI is InChI=1S/C15H14INO2/c16-13-5-1-12(2-6-13)10-19-15(18)9-11-3-7-14(17)8-4-11/h1-8H,9-10,17H2. The van der Waals surface area contributed by atoms with E-state index in [2.05, 4.69) is 22.6 Å². The molecule has 0 bridgehead atoms. The van der Waals surface area contributed by atoms with Crippen LogP contribution in [0.4, 0.5) is 5.69 Å². The van der Waals surface area contributed by atoms with Gasteiger partial charge in [0.15, 0.2) is 0 Å². The van der Waals surface area contributed by atoms with E-state index in [0.29, 0.717) is 12.3 Å². The van der Waals surface area contributed by atoms with E-state index in [4.69, 9.17) is 10.5 Å². The SMILES string of the molecule is Nc1ccc(CC(=O)OCc2ccc(I)cc2)cc1. The van der Waals surface area contributed by atoms with E-state index < -0.39 is 0 Å². The number of nitrogens with two attached hydrogens (primary N) is 1. The second-order valence-electron chi connectivity index (χ2n) is 4.21. The summed E-state index contributed by atoms with van der Waals surface area (Å²) in [5, 5.41) is 0. The van der Waals surface area contributed by atoms with Gasteiger partial charge in [-0.2, -0.15) is 0 Å². The lowest BCUT2D eigenvalue weighted by Crippen LogP contribution is -2.08. The molecule has 4 heteroatoms. The number of hydrogen-bond acceptors (Lipinski definition) is 3. The minimum atomic E-state index is -0.233. The van der Waals surface area contributed by atoms with Gasteiger partial charge in [0.05, 0.1) is 6.42 Å². The summed E-state index contributed by atoms with van der Waals surface area (Å²) >= 11 is 2.24. The van der Waals surface area contributed by atoms with E-state index in [1.807, 2.05) is 36.4 Å². The zero-order chi connectivity index (χ0) is 13.7. The van der Waals surface area contributed by atoms with Crippen molar-refractivity contribution < 1.29 is 9.53 Å². The van der Waals surface area contributed by atoms with Crippen LogP contribution in [0.25, 0.3) is 0 Å². The van der Waals surface area contributed by atoms with Crippen LogP contribution in [0.15, 0.2) is 48.5 Å². The van der Waals surface area contributed by atoms with Crippen molar-refractivity contribution in [2.24, 2.45) is 0 Å². The van der Waals surface area contributed by atoms with Crippen molar-refractivity contribution in [1.29, 1.82) is 0 Å². The molecule has 0 aromatic heterocycles. The molecule has 0 aliphatic heterocycles. The molecule has 19 heavy (non-hydrogen) atoms. The Kier molecular flexibility index (Phi) is 4.79. The number of carbonyl (C=O) groups excluding carboxylic acids is 1. The van der Waals surface area contributed by atoms with Gasteiger partial charge in [0.1, 0.15) is 6.61 Å². The van der Waals surface area contributed by atoms with Crippen LogP contribution < -0.4 is 5.73 Å². The molecule has 2 N–H and O–H groups in total. The van der Waals surface area contributed by atoms with Gasteiger partial charge in [-0.3, -0.25) is 4.79 Å². The van der Waals surface area contributed by atoms with Gasteiger partial charge in [0, 0.05) is 9.26 Å². The van der Waals surface area contributed by atoms with E-state index in [0.717, 1.165) is 14.7 Å². The minimum Gasteiger partial charge on any atom is -0.461 e. The number of halogens is 1. The highest BCUT2D eigenvalue weighted by Gasteiger charge is 2.05. The summed E-state index contributed by atoms with van der Waals surface area (Å²) in [4.78, 5) is 11.7. The van der Waals surface area contributed by atoms with Crippen molar-refractivity contribution in [3.05, 3.63) is 63.2 Å². The summed E-state index contributed by atoms with van der Waals surface area (Å²) in [6.45, 7) is 0.310. The third-order valence-electron chi connectivity index (χ3n) is 2.64. The van der Waals surface area contributed by atoms with E-state index >= 15 is 0 Å². The number of nitrogen functional groups attached to an aromatic ring is 1. The van der Waals surface area contributed by atoms with E-state index in [1.165, 1.54) is 0 Å². The molecular formula is C15H14INO2. The Morgan fingerprint density at radius 3 is 2.21 bits per heavy atom. The van der Waals surface area contributed by atoms with Crippen LogP contribution in [0.3, 0.4) is 0 Å². The summed E-state index contributed by atoms with van der Waals surface area (Å²) < 4.78 is 6.39. The first-order chi connectivity index (χ1) is 9.13. The van der Waals surface area contributed by atoms with Crippen LogP contribution in [0.1, 0.15) is 11.1 Å². The van der Waals surface area contributed by atoms with E-state index in [1.54, 1.807) is 12.1 Å². The molecule has 2 aromatic carbocycles. The molecule has 0 saturated carbocycles. The fraction of sp³-hybridized carbons (Fsp3) is 0.133. The number of carbonyl (C=O) groups is 1. The van der Waals surface area contributed by atoms with Crippen molar-refractivity contribution >= 4 is 34.2 Å². The molecule has 0 spiro atoms. The van der Waals surface area contributed by atoms with Gasteiger partial charge in [-0.05, 0) is 58.0 Å². The Balaban J connectivity index is 1.84. The second-order valence-corrected chi connectivity index (χ2v) is 5.45.